The molecule has 0 saturated carbocycles. The van der Waals surface area contributed by atoms with Crippen molar-refractivity contribution in [3.05, 3.63) is 78.1 Å². The van der Waals surface area contributed by atoms with Crippen LogP contribution in [0.3, 0.4) is 0 Å². The Bertz CT molecular complexity index is 809. The summed E-state index contributed by atoms with van der Waals surface area (Å²) in [5.74, 6) is 0.499. The predicted octanol–water partition coefficient (Wildman–Crippen LogP) is 4.94. The zero-order valence-corrected chi connectivity index (χ0v) is 14.9. The molecule has 6 heteroatoms. The number of carbonyl (C=O) groups excluding carboxylic acids is 1. The van der Waals surface area contributed by atoms with Gasteiger partial charge in [-0.3, -0.25) is 4.79 Å². The van der Waals surface area contributed by atoms with E-state index in [9.17, 15) is 9.90 Å². The van der Waals surface area contributed by atoms with Crippen LogP contribution >= 0.6 is 12.0 Å². The smallest absolute Gasteiger partial charge is 0.318 e. The van der Waals surface area contributed by atoms with Crippen LogP contribution in [0.15, 0.2) is 77.4 Å². The molecule has 134 valence electrons. The summed E-state index contributed by atoms with van der Waals surface area (Å²) < 4.78 is 10.5. The van der Waals surface area contributed by atoms with E-state index in [4.69, 9.17) is 14.0 Å². The molecule has 5 nitrogen and oxygen atoms in total. The Morgan fingerprint density at radius 2 is 1.77 bits per heavy atom. The monoisotopic (exact) mass is 370 g/mol. The van der Waals surface area contributed by atoms with Gasteiger partial charge >= 0.3 is 5.97 Å². The van der Waals surface area contributed by atoms with Gasteiger partial charge in [0.1, 0.15) is 11.5 Å². The first kappa shape index (κ1) is 18.1. The van der Waals surface area contributed by atoms with E-state index in [1.165, 1.54) is 6.08 Å². The van der Waals surface area contributed by atoms with Gasteiger partial charge in [-0.05, 0) is 61.9 Å². The molecule has 1 N–H and O–H groups in total. The van der Waals surface area contributed by atoms with Crippen LogP contribution in [0.2, 0.25) is 0 Å². The minimum absolute atomic E-state index is 0.170. The van der Waals surface area contributed by atoms with Gasteiger partial charge in [0.15, 0.2) is 5.75 Å². The number of aliphatic hydroxyl groups is 1. The third-order valence-electron chi connectivity index (χ3n) is 3.71. The number of ether oxygens (including phenoxy) is 1. The first-order valence-electron chi connectivity index (χ1n) is 8.07. The van der Waals surface area contributed by atoms with Crippen LogP contribution in [0.4, 0.5) is 0 Å². The summed E-state index contributed by atoms with van der Waals surface area (Å²) in [6.45, 7) is 2.00. The van der Waals surface area contributed by atoms with Crippen molar-refractivity contribution in [2.45, 2.75) is 18.2 Å². The lowest BCUT2D eigenvalue weighted by Gasteiger charge is -2.13. The molecule has 0 bridgehead atoms. The number of benzene rings is 2. The Morgan fingerprint density at radius 1 is 1.08 bits per heavy atom. The Morgan fingerprint density at radius 3 is 2.42 bits per heavy atom. The summed E-state index contributed by atoms with van der Waals surface area (Å²) in [6, 6.07) is 14.4. The fraction of sp³-hybridized carbons (Fsp3) is 0.150. The number of hydrogen-bond acceptors (Lipinski definition) is 6. The molecular weight excluding hydrogens is 352 g/mol. The molecule has 1 unspecified atom stereocenters. The van der Waals surface area contributed by atoms with Crippen molar-refractivity contribution < 1.29 is 23.9 Å². The third kappa shape index (κ3) is 5.15. The van der Waals surface area contributed by atoms with Crippen molar-refractivity contribution in [2.75, 3.05) is 0 Å². The second-order valence-corrected chi connectivity index (χ2v) is 6.54. The average molecular weight is 370 g/mol. The maximum absolute atomic E-state index is 12.1. The minimum atomic E-state index is -0.383. The van der Waals surface area contributed by atoms with Crippen LogP contribution in [0, 0.1) is 12.8 Å². The maximum Gasteiger partial charge on any atom is 0.318 e. The molecule has 0 spiro atoms. The highest BCUT2D eigenvalue weighted by Crippen LogP contribution is 2.25. The number of aliphatic hydroxyl groups excluding tert-OH is 1. The van der Waals surface area contributed by atoms with Crippen molar-refractivity contribution in [3.63, 3.8) is 0 Å². The fourth-order valence-electron chi connectivity index (χ4n) is 2.23. The van der Waals surface area contributed by atoms with E-state index in [0.717, 1.165) is 22.5 Å². The van der Waals surface area contributed by atoms with Gasteiger partial charge in [-0.1, -0.05) is 23.8 Å². The third-order valence-corrected chi connectivity index (χ3v) is 4.31. The van der Waals surface area contributed by atoms with Gasteiger partial charge in [0.2, 0.25) is 0 Å². The predicted molar refractivity (Wildman–Crippen MR) is 98.8 cm³/mol. The standard InChI is InChI=1S/C20H18O5S/c1-14-2-8-18(9-3-14)24-25-26-19-12-10-17(11-13-19)23-20(22)15-4-6-16(21)7-5-15/h2-4,6-13,15,21H,5H2,1H3. The van der Waals surface area contributed by atoms with Crippen LogP contribution in [0.1, 0.15) is 12.0 Å². The lowest BCUT2D eigenvalue weighted by atomic mass is 10.0. The molecule has 26 heavy (non-hydrogen) atoms. The molecule has 2 aromatic carbocycles. The largest absolute Gasteiger partial charge is 0.508 e. The van der Waals surface area contributed by atoms with Gasteiger partial charge in [0.25, 0.3) is 0 Å². The summed E-state index contributed by atoms with van der Waals surface area (Å²) >= 11 is 1.07. The lowest BCUT2D eigenvalue weighted by molar-refractivity contribution is -0.137. The summed E-state index contributed by atoms with van der Waals surface area (Å²) in [5, 5.41) is 9.28. The lowest BCUT2D eigenvalue weighted by Crippen LogP contribution is -2.19. The van der Waals surface area contributed by atoms with E-state index < -0.39 is 0 Å². The number of carbonyl (C=O) groups is 1. The van der Waals surface area contributed by atoms with Gasteiger partial charge in [0, 0.05) is 4.90 Å². The zero-order chi connectivity index (χ0) is 18.4. The molecule has 1 aliphatic carbocycles. The summed E-state index contributed by atoms with van der Waals surface area (Å²) in [7, 11) is 0. The maximum atomic E-state index is 12.1. The number of aryl methyl sites for hydroxylation is 1. The Labute approximate surface area is 156 Å². The highest BCUT2D eigenvalue weighted by molar-refractivity contribution is 7.94. The summed E-state index contributed by atoms with van der Waals surface area (Å²) in [4.78, 5) is 18.1. The van der Waals surface area contributed by atoms with Gasteiger partial charge in [-0.25, -0.2) is 0 Å². The molecular formula is C20H18O5S. The van der Waals surface area contributed by atoms with Crippen molar-refractivity contribution in [1.82, 2.24) is 0 Å². The number of esters is 1. The topological polar surface area (TPSA) is 65.0 Å². The number of rotatable bonds is 6. The van der Waals surface area contributed by atoms with Gasteiger partial charge in [0.05, 0.1) is 18.0 Å². The first-order chi connectivity index (χ1) is 12.6. The van der Waals surface area contributed by atoms with Crippen LogP contribution < -0.4 is 9.62 Å². The normalized spacial score (nSPS) is 16.0. The summed E-state index contributed by atoms with van der Waals surface area (Å²) in [5.41, 5.74) is 1.15. The fourth-order valence-corrected chi connectivity index (χ4v) is 2.67. The molecule has 0 heterocycles. The van der Waals surface area contributed by atoms with Gasteiger partial charge in [-0.15, -0.1) is 4.33 Å². The molecule has 0 aromatic heterocycles. The molecule has 0 radical (unpaired) electrons. The van der Waals surface area contributed by atoms with Crippen molar-refractivity contribution in [3.8, 4) is 11.5 Å². The van der Waals surface area contributed by atoms with Crippen molar-refractivity contribution >= 4 is 18.0 Å². The van der Waals surface area contributed by atoms with Crippen LogP contribution in [0.5, 0.6) is 11.5 Å². The Kier molecular flexibility index (Phi) is 5.99. The highest BCUT2D eigenvalue weighted by atomic mass is 32.2. The molecule has 0 amide bonds. The number of hydrogen-bond donors (Lipinski definition) is 1. The van der Waals surface area contributed by atoms with E-state index in [2.05, 4.69) is 0 Å². The summed E-state index contributed by atoms with van der Waals surface area (Å²) in [6.07, 6.45) is 5.16. The zero-order valence-electron chi connectivity index (χ0n) is 14.1. The molecule has 0 fully saturated rings. The van der Waals surface area contributed by atoms with E-state index in [1.807, 2.05) is 31.2 Å². The molecule has 3 rings (SSSR count). The molecule has 0 saturated heterocycles. The van der Waals surface area contributed by atoms with Crippen molar-refractivity contribution in [2.24, 2.45) is 5.92 Å². The van der Waals surface area contributed by atoms with Gasteiger partial charge in [-0.2, -0.15) is 0 Å². The van der Waals surface area contributed by atoms with E-state index in [-0.39, 0.29) is 17.6 Å². The molecule has 2 aromatic rings. The molecule has 1 aliphatic rings. The highest BCUT2D eigenvalue weighted by Gasteiger charge is 2.19. The quantitative estimate of drug-likeness (QED) is 0.256. The van der Waals surface area contributed by atoms with E-state index in [1.54, 1.807) is 36.4 Å². The van der Waals surface area contributed by atoms with Crippen LogP contribution in [0.25, 0.3) is 0 Å². The Hall–Kier alpha value is -2.70. The average Bonchev–Trinajstić information content (AvgIpc) is 2.65. The Balaban J connectivity index is 1.46. The second kappa shape index (κ2) is 8.60. The van der Waals surface area contributed by atoms with E-state index in [0.29, 0.717) is 17.9 Å². The number of allylic oxidation sites excluding steroid dienone is 2. The second-order valence-electron chi connectivity index (χ2n) is 5.77. The first-order valence-corrected chi connectivity index (χ1v) is 8.81. The van der Waals surface area contributed by atoms with Gasteiger partial charge < -0.3 is 14.7 Å². The molecule has 0 aliphatic heterocycles. The minimum Gasteiger partial charge on any atom is -0.508 e. The van der Waals surface area contributed by atoms with E-state index >= 15 is 0 Å². The SMILES string of the molecule is Cc1ccc(OOSc2ccc(OC(=O)C3C=CC(O)=CC3)cc2)cc1. The van der Waals surface area contributed by atoms with Crippen LogP contribution in [-0.4, -0.2) is 11.1 Å². The van der Waals surface area contributed by atoms with Crippen molar-refractivity contribution in [1.29, 1.82) is 0 Å². The van der Waals surface area contributed by atoms with Crippen LogP contribution in [-0.2, 0) is 9.13 Å². The molecule has 1 atom stereocenters.